The van der Waals surface area contributed by atoms with Crippen LogP contribution in [0.15, 0.2) is 60.2 Å². The van der Waals surface area contributed by atoms with E-state index in [9.17, 15) is 19.5 Å². The van der Waals surface area contributed by atoms with Crippen molar-refractivity contribution in [2.45, 2.75) is 103 Å². The van der Waals surface area contributed by atoms with Crippen molar-refractivity contribution in [3.05, 3.63) is 71.3 Å². The zero-order valence-corrected chi connectivity index (χ0v) is 26.0. The van der Waals surface area contributed by atoms with Gasteiger partial charge in [-0.2, -0.15) is 0 Å². The molecule has 2 aromatic rings. The summed E-state index contributed by atoms with van der Waals surface area (Å²) in [6, 6.07) is 14.2. The Morgan fingerprint density at radius 2 is 1.74 bits per heavy atom. The highest BCUT2D eigenvalue weighted by Gasteiger charge is 2.29. The van der Waals surface area contributed by atoms with Gasteiger partial charge in [0.05, 0.1) is 18.2 Å². The SMILES string of the molecule is CC(C)Oc1cc(C(=O)N[C@@H](Cc2ccccc2)[C@@H](O)C[C@@H](C)C(=O)NC(C)C2=CCCCC2)cc(N2CCCC2=O)c1. The molecule has 4 rings (SSSR count). The Morgan fingerprint density at radius 1 is 0.977 bits per heavy atom. The molecule has 0 saturated carbocycles. The summed E-state index contributed by atoms with van der Waals surface area (Å²) in [6.45, 7) is 8.23. The summed E-state index contributed by atoms with van der Waals surface area (Å²) in [6.07, 6.45) is 7.36. The molecule has 3 N–H and O–H groups in total. The molecule has 0 aromatic heterocycles. The van der Waals surface area contributed by atoms with Crippen molar-refractivity contribution in [2.24, 2.45) is 5.92 Å². The normalized spacial score (nSPS) is 18.0. The lowest BCUT2D eigenvalue weighted by atomic mass is 9.92. The van der Waals surface area contributed by atoms with Crippen molar-refractivity contribution in [3.8, 4) is 5.75 Å². The minimum absolute atomic E-state index is 0.0202. The topological polar surface area (TPSA) is 108 Å². The van der Waals surface area contributed by atoms with Gasteiger partial charge >= 0.3 is 0 Å². The number of aliphatic hydroxyl groups is 1. The first-order chi connectivity index (χ1) is 20.6. The number of anilines is 1. The minimum Gasteiger partial charge on any atom is -0.491 e. The number of nitrogens with zero attached hydrogens (tertiary/aromatic N) is 1. The van der Waals surface area contributed by atoms with E-state index in [4.69, 9.17) is 4.74 Å². The van der Waals surface area contributed by atoms with Crippen LogP contribution in [0.3, 0.4) is 0 Å². The van der Waals surface area contributed by atoms with Gasteiger partial charge in [0.1, 0.15) is 5.75 Å². The van der Waals surface area contributed by atoms with E-state index >= 15 is 0 Å². The highest BCUT2D eigenvalue weighted by molar-refractivity contribution is 5.99. The van der Waals surface area contributed by atoms with Crippen LogP contribution in [0.1, 0.15) is 88.6 Å². The zero-order chi connectivity index (χ0) is 30.9. The summed E-state index contributed by atoms with van der Waals surface area (Å²) < 4.78 is 5.93. The van der Waals surface area contributed by atoms with Crippen LogP contribution in [0.4, 0.5) is 5.69 Å². The second-order valence-corrected chi connectivity index (χ2v) is 12.3. The van der Waals surface area contributed by atoms with E-state index in [2.05, 4.69) is 16.7 Å². The summed E-state index contributed by atoms with van der Waals surface area (Å²) in [4.78, 5) is 41.0. The van der Waals surface area contributed by atoms with Gasteiger partial charge in [-0.15, -0.1) is 0 Å². The number of hydrogen-bond donors (Lipinski definition) is 3. The third-order valence-corrected chi connectivity index (χ3v) is 8.27. The lowest BCUT2D eigenvalue weighted by molar-refractivity contribution is -0.126. The number of amides is 3. The first-order valence-corrected chi connectivity index (χ1v) is 15.7. The molecule has 1 saturated heterocycles. The van der Waals surface area contributed by atoms with Gasteiger partial charge in [0.15, 0.2) is 0 Å². The van der Waals surface area contributed by atoms with E-state index in [0.717, 1.165) is 31.2 Å². The highest BCUT2D eigenvalue weighted by Crippen LogP contribution is 2.29. The Bertz CT molecular complexity index is 1290. The maximum atomic E-state index is 13.7. The molecule has 2 aliphatic rings. The van der Waals surface area contributed by atoms with Crippen molar-refractivity contribution in [2.75, 3.05) is 11.4 Å². The van der Waals surface area contributed by atoms with Crippen molar-refractivity contribution in [3.63, 3.8) is 0 Å². The van der Waals surface area contributed by atoms with E-state index in [1.165, 1.54) is 12.0 Å². The average molecular weight is 590 g/mol. The Balaban J connectivity index is 1.50. The predicted octanol–water partition coefficient (Wildman–Crippen LogP) is 5.33. The molecule has 8 nitrogen and oxygen atoms in total. The molecule has 43 heavy (non-hydrogen) atoms. The first kappa shape index (κ1) is 32.3. The molecular formula is C35H47N3O5. The van der Waals surface area contributed by atoms with Crippen LogP contribution in [-0.4, -0.2) is 53.7 Å². The molecule has 0 spiro atoms. The Labute approximate surface area is 255 Å². The van der Waals surface area contributed by atoms with E-state index in [0.29, 0.717) is 36.4 Å². The molecule has 2 aromatic carbocycles. The second-order valence-electron chi connectivity index (χ2n) is 12.3. The smallest absolute Gasteiger partial charge is 0.251 e. The van der Waals surface area contributed by atoms with Gasteiger partial charge < -0.3 is 25.4 Å². The number of carbonyl (C=O) groups is 3. The molecule has 0 bridgehead atoms. The van der Waals surface area contributed by atoms with Crippen LogP contribution in [0.25, 0.3) is 0 Å². The summed E-state index contributed by atoms with van der Waals surface area (Å²) in [5.74, 6) is -0.414. The Morgan fingerprint density at radius 3 is 2.40 bits per heavy atom. The second kappa shape index (κ2) is 15.2. The fourth-order valence-corrected chi connectivity index (χ4v) is 5.87. The molecule has 1 unspecified atom stereocenters. The zero-order valence-electron chi connectivity index (χ0n) is 26.0. The van der Waals surface area contributed by atoms with Gasteiger partial charge in [0.25, 0.3) is 5.91 Å². The molecule has 1 aliphatic heterocycles. The van der Waals surface area contributed by atoms with Crippen molar-refractivity contribution in [1.82, 2.24) is 10.6 Å². The number of carbonyl (C=O) groups excluding carboxylic acids is 3. The number of rotatable bonds is 13. The molecule has 1 heterocycles. The van der Waals surface area contributed by atoms with Crippen LogP contribution in [0.5, 0.6) is 5.75 Å². The molecule has 3 amide bonds. The number of ether oxygens (including phenoxy) is 1. The summed E-state index contributed by atoms with van der Waals surface area (Å²) in [5.41, 5.74) is 3.19. The summed E-state index contributed by atoms with van der Waals surface area (Å²) >= 11 is 0. The van der Waals surface area contributed by atoms with Crippen molar-refractivity contribution >= 4 is 23.4 Å². The van der Waals surface area contributed by atoms with Gasteiger partial charge in [-0.3, -0.25) is 14.4 Å². The number of hydrogen-bond acceptors (Lipinski definition) is 5. The van der Waals surface area contributed by atoms with Gasteiger partial charge in [0.2, 0.25) is 11.8 Å². The van der Waals surface area contributed by atoms with Gasteiger partial charge in [-0.25, -0.2) is 0 Å². The quantitative estimate of drug-likeness (QED) is 0.274. The molecule has 232 valence electrons. The van der Waals surface area contributed by atoms with Crippen LogP contribution in [-0.2, 0) is 16.0 Å². The molecule has 8 heteroatoms. The van der Waals surface area contributed by atoms with Crippen molar-refractivity contribution in [1.29, 1.82) is 0 Å². The van der Waals surface area contributed by atoms with Crippen molar-refractivity contribution < 1.29 is 24.2 Å². The molecular weight excluding hydrogens is 542 g/mol. The number of allylic oxidation sites excluding steroid dienone is 1. The summed E-state index contributed by atoms with van der Waals surface area (Å²) in [5, 5.41) is 17.6. The molecule has 0 radical (unpaired) electrons. The number of benzene rings is 2. The monoisotopic (exact) mass is 589 g/mol. The minimum atomic E-state index is -0.969. The highest BCUT2D eigenvalue weighted by atomic mass is 16.5. The predicted molar refractivity (Wildman–Crippen MR) is 169 cm³/mol. The fraction of sp³-hybridized carbons (Fsp3) is 0.514. The largest absolute Gasteiger partial charge is 0.491 e. The number of aliphatic hydroxyl groups excluding tert-OH is 1. The van der Waals surface area contributed by atoms with Gasteiger partial charge in [-0.1, -0.05) is 48.9 Å². The lowest BCUT2D eigenvalue weighted by Gasteiger charge is -2.28. The van der Waals surface area contributed by atoms with Crippen LogP contribution >= 0.6 is 0 Å². The maximum absolute atomic E-state index is 13.7. The van der Waals surface area contributed by atoms with Crippen LogP contribution in [0, 0.1) is 5.92 Å². The average Bonchev–Trinajstić information content (AvgIpc) is 3.42. The number of nitrogens with one attached hydrogen (secondary N) is 2. The van der Waals surface area contributed by atoms with E-state index in [1.54, 1.807) is 23.1 Å². The maximum Gasteiger partial charge on any atom is 0.251 e. The van der Waals surface area contributed by atoms with E-state index < -0.39 is 18.1 Å². The third-order valence-electron chi connectivity index (χ3n) is 8.27. The Kier molecular flexibility index (Phi) is 11.4. The van der Waals surface area contributed by atoms with Gasteiger partial charge in [-0.05, 0) is 83.4 Å². The third kappa shape index (κ3) is 9.17. The Hall–Kier alpha value is -3.65. The van der Waals surface area contributed by atoms with E-state index in [1.807, 2.05) is 58.0 Å². The molecule has 4 atom stereocenters. The van der Waals surface area contributed by atoms with Crippen LogP contribution < -0.4 is 20.3 Å². The lowest BCUT2D eigenvalue weighted by Crippen LogP contribution is -2.47. The fourth-order valence-electron chi connectivity index (χ4n) is 5.87. The molecule has 1 fully saturated rings. The van der Waals surface area contributed by atoms with E-state index in [-0.39, 0.29) is 36.3 Å². The standard InChI is InChI=1S/C35H47N3O5/c1-23(2)43-30-21-28(20-29(22-30)38-17-11-16-33(38)40)35(42)37-31(19-26-12-7-5-8-13-26)32(39)18-24(3)34(41)36-25(4)27-14-9-6-10-15-27/h5,7-8,12-14,20-25,31-32,39H,6,9-11,15-19H2,1-4H3,(H,36,41)(H,37,42)/t24-,25?,31+,32+/m1/s1. The summed E-state index contributed by atoms with van der Waals surface area (Å²) in [7, 11) is 0. The first-order valence-electron chi connectivity index (χ1n) is 15.7. The molecule has 1 aliphatic carbocycles. The van der Waals surface area contributed by atoms with Crippen LogP contribution in [0.2, 0.25) is 0 Å². The van der Waals surface area contributed by atoms with Gasteiger partial charge in [0, 0.05) is 42.2 Å².